The number of carbonyl (C=O) groups excluding carboxylic acids is 1. The van der Waals surface area contributed by atoms with Crippen LogP contribution in [0.5, 0.6) is 0 Å². The highest BCUT2D eigenvalue weighted by molar-refractivity contribution is 7.80. The van der Waals surface area contributed by atoms with Gasteiger partial charge in [0.1, 0.15) is 6.17 Å². The molecule has 0 aliphatic heterocycles. The largest absolute Gasteiger partial charge is 0.339 e. The van der Waals surface area contributed by atoms with Crippen molar-refractivity contribution >= 4 is 86.9 Å². The molecule has 1 aromatic rings. The van der Waals surface area contributed by atoms with Crippen molar-refractivity contribution in [2.45, 2.75) is 16.9 Å². The lowest BCUT2D eigenvalue weighted by molar-refractivity contribution is -0.119. The minimum Gasteiger partial charge on any atom is -0.339 e. The molecule has 0 aliphatic rings. The van der Waals surface area contributed by atoms with Gasteiger partial charge in [0.2, 0.25) is 9.70 Å². The van der Waals surface area contributed by atoms with Crippen LogP contribution in [0.15, 0.2) is 18.2 Å². The molecule has 0 spiro atoms. The van der Waals surface area contributed by atoms with E-state index in [9.17, 15) is 4.79 Å². The number of hydrogen-bond donors (Lipinski definition) is 3. The first-order valence-electron chi connectivity index (χ1n) is 5.46. The smallest absolute Gasteiger partial charge is 0.228 e. The standard InChI is InChI=1S/C11H10Cl5N3OS/c1-5(20)17-9(11(14,15)16)19-10(21)18-8-3-2-6(12)4-7(8)13/h2-4,9H,1H3,(H,17,20)(H2,18,19,21)/t9-/m1/s1. The summed E-state index contributed by atoms with van der Waals surface area (Å²) in [5, 5.41) is 8.90. The van der Waals surface area contributed by atoms with Crippen molar-refractivity contribution < 1.29 is 4.79 Å². The minimum absolute atomic E-state index is 0.115. The van der Waals surface area contributed by atoms with E-state index in [-0.39, 0.29) is 11.0 Å². The molecule has 3 N–H and O–H groups in total. The van der Waals surface area contributed by atoms with Crippen molar-refractivity contribution in [2.75, 3.05) is 5.32 Å². The van der Waals surface area contributed by atoms with E-state index in [1.165, 1.54) is 6.92 Å². The van der Waals surface area contributed by atoms with Gasteiger partial charge in [0.05, 0.1) is 10.7 Å². The summed E-state index contributed by atoms with van der Waals surface area (Å²) in [5.74, 6) is -0.383. The molecule has 0 aromatic heterocycles. The number of carbonyl (C=O) groups is 1. The van der Waals surface area contributed by atoms with E-state index in [2.05, 4.69) is 16.0 Å². The van der Waals surface area contributed by atoms with Gasteiger partial charge in [-0.1, -0.05) is 58.0 Å². The van der Waals surface area contributed by atoms with Crippen LogP contribution < -0.4 is 16.0 Å². The Balaban J connectivity index is 2.76. The molecule has 0 aliphatic carbocycles. The number of amides is 1. The number of hydrogen-bond acceptors (Lipinski definition) is 2. The van der Waals surface area contributed by atoms with Crippen LogP contribution in [0.25, 0.3) is 0 Å². The normalized spacial score (nSPS) is 12.5. The molecule has 0 heterocycles. The molecule has 4 nitrogen and oxygen atoms in total. The van der Waals surface area contributed by atoms with Gasteiger partial charge >= 0.3 is 0 Å². The molecule has 0 unspecified atom stereocenters. The SMILES string of the molecule is CC(=O)N[C@H](NC(=S)Nc1ccc(Cl)cc1Cl)C(Cl)(Cl)Cl. The van der Waals surface area contributed by atoms with Gasteiger partial charge in [-0.25, -0.2) is 0 Å². The Hall–Kier alpha value is -0.170. The zero-order chi connectivity index (χ0) is 16.2. The number of nitrogens with one attached hydrogen (secondary N) is 3. The number of benzene rings is 1. The molecule has 1 amide bonds. The average Bonchev–Trinajstić information content (AvgIpc) is 2.30. The van der Waals surface area contributed by atoms with E-state index in [1.54, 1.807) is 18.2 Å². The fourth-order valence-electron chi connectivity index (χ4n) is 1.28. The van der Waals surface area contributed by atoms with E-state index >= 15 is 0 Å². The zero-order valence-electron chi connectivity index (χ0n) is 10.5. The van der Waals surface area contributed by atoms with E-state index in [4.69, 9.17) is 70.2 Å². The van der Waals surface area contributed by atoms with Crippen LogP contribution in [-0.4, -0.2) is 21.0 Å². The van der Waals surface area contributed by atoms with Crippen molar-refractivity contribution in [3.05, 3.63) is 28.2 Å². The van der Waals surface area contributed by atoms with Gasteiger partial charge in [0.15, 0.2) is 5.11 Å². The predicted molar refractivity (Wildman–Crippen MR) is 93.7 cm³/mol. The zero-order valence-corrected chi connectivity index (χ0v) is 15.1. The predicted octanol–water partition coefficient (Wildman–Crippen LogP) is 4.11. The summed E-state index contributed by atoms with van der Waals surface area (Å²) in [5.41, 5.74) is 0.518. The van der Waals surface area contributed by atoms with Crippen molar-refractivity contribution in [1.29, 1.82) is 0 Å². The Bertz CT molecular complexity index is 549. The van der Waals surface area contributed by atoms with Crippen molar-refractivity contribution in [3.63, 3.8) is 0 Å². The van der Waals surface area contributed by atoms with Crippen LogP contribution in [0.1, 0.15) is 6.92 Å². The van der Waals surface area contributed by atoms with Crippen molar-refractivity contribution in [1.82, 2.24) is 10.6 Å². The monoisotopic (exact) mass is 407 g/mol. The lowest BCUT2D eigenvalue weighted by Gasteiger charge is -2.27. The second-order valence-corrected chi connectivity index (χ2v) is 7.52. The van der Waals surface area contributed by atoms with Crippen molar-refractivity contribution in [3.8, 4) is 0 Å². The van der Waals surface area contributed by atoms with E-state index in [0.29, 0.717) is 15.7 Å². The third kappa shape index (κ3) is 6.63. The highest BCUT2D eigenvalue weighted by atomic mass is 35.6. The third-order valence-corrected chi connectivity index (χ3v) is 3.55. The van der Waals surface area contributed by atoms with Crippen LogP contribution in [0, 0.1) is 0 Å². The summed E-state index contributed by atoms with van der Waals surface area (Å²) in [4.78, 5) is 11.1. The molecule has 0 saturated heterocycles. The van der Waals surface area contributed by atoms with Gasteiger partial charge in [-0.05, 0) is 30.4 Å². The molecular formula is C11H10Cl5N3OS. The Morgan fingerprint density at radius 3 is 2.33 bits per heavy atom. The fraction of sp³-hybridized carbons (Fsp3) is 0.273. The molecule has 0 fully saturated rings. The van der Waals surface area contributed by atoms with E-state index in [1.807, 2.05) is 0 Å². The first-order chi connectivity index (χ1) is 9.59. The number of halogens is 5. The molecule has 1 rings (SSSR count). The number of thiocarbonyl (C=S) groups is 1. The Kier molecular flexibility index (Phi) is 7.10. The number of anilines is 1. The molecule has 0 bridgehead atoms. The maximum Gasteiger partial charge on any atom is 0.228 e. The second kappa shape index (κ2) is 7.90. The molecule has 21 heavy (non-hydrogen) atoms. The first-order valence-corrected chi connectivity index (χ1v) is 7.76. The molecular weight excluding hydrogens is 399 g/mol. The Morgan fingerprint density at radius 2 is 1.86 bits per heavy atom. The van der Waals surface area contributed by atoms with Crippen LogP contribution in [0.3, 0.4) is 0 Å². The third-order valence-electron chi connectivity index (χ3n) is 2.13. The van der Waals surface area contributed by atoms with Crippen LogP contribution in [0.2, 0.25) is 10.0 Å². The Morgan fingerprint density at radius 1 is 1.24 bits per heavy atom. The summed E-state index contributed by atoms with van der Waals surface area (Å²) >= 11 is 34.2. The molecule has 1 atom stereocenters. The minimum atomic E-state index is -1.79. The summed E-state index contributed by atoms with van der Waals surface area (Å²) in [6.45, 7) is 1.29. The van der Waals surface area contributed by atoms with Gasteiger partial charge in [0.25, 0.3) is 0 Å². The van der Waals surface area contributed by atoms with Gasteiger partial charge in [-0.3, -0.25) is 4.79 Å². The van der Waals surface area contributed by atoms with Gasteiger partial charge in [0, 0.05) is 11.9 Å². The van der Waals surface area contributed by atoms with E-state index < -0.39 is 9.96 Å². The lowest BCUT2D eigenvalue weighted by Crippen LogP contribution is -2.55. The highest BCUT2D eigenvalue weighted by Crippen LogP contribution is 2.29. The van der Waals surface area contributed by atoms with Crippen molar-refractivity contribution in [2.24, 2.45) is 0 Å². The summed E-state index contributed by atoms with van der Waals surface area (Å²) in [6.07, 6.45) is -1.01. The topological polar surface area (TPSA) is 53.2 Å². The summed E-state index contributed by atoms with van der Waals surface area (Å²) < 4.78 is -1.79. The molecule has 0 radical (unpaired) electrons. The van der Waals surface area contributed by atoms with Crippen LogP contribution in [0.4, 0.5) is 5.69 Å². The van der Waals surface area contributed by atoms with Gasteiger partial charge < -0.3 is 16.0 Å². The quantitative estimate of drug-likeness (QED) is 0.400. The average molecular weight is 410 g/mol. The van der Waals surface area contributed by atoms with E-state index in [0.717, 1.165) is 0 Å². The lowest BCUT2D eigenvalue weighted by atomic mass is 10.3. The maximum atomic E-state index is 11.1. The first kappa shape index (κ1) is 18.9. The maximum absolute atomic E-state index is 11.1. The Labute approximate surface area is 152 Å². The van der Waals surface area contributed by atoms with Crippen LogP contribution >= 0.6 is 70.2 Å². The fourth-order valence-corrected chi connectivity index (χ4v) is 2.29. The summed E-state index contributed by atoms with van der Waals surface area (Å²) in [6, 6.07) is 4.83. The summed E-state index contributed by atoms with van der Waals surface area (Å²) in [7, 11) is 0. The highest BCUT2D eigenvalue weighted by Gasteiger charge is 2.34. The van der Waals surface area contributed by atoms with Crippen LogP contribution in [-0.2, 0) is 4.79 Å². The van der Waals surface area contributed by atoms with Gasteiger partial charge in [-0.2, -0.15) is 0 Å². The molecule has 116 valence electrons. The van der Waals surface area contributed by atoms with Gasteiger partial charge in [-0.15, -0.1) is 0 Å². The second-order valence-electron chi connectivity index (χ2n) is 3.90. The number of alkyl halides is 3. The molecule has 1 aromatic carbocycles. The molecule has 0 saturated carbocycles. The molecule has 10 heteroatoms. The number of rotatable bonds is 3.